The van der Waals surface area contributed by atoms with E-state index in [-0.39, 0.29) is 12.5 Å². The maximum Gasteiger partial charge on any atom is 0.254 e. The summed E-state index contributed by atoms with van der Waals surface area (Å²) in [5.74, 6) is 0.737. The highest BCUT2D eigenvalue weighted by molar-refractivity contribution is 5.85. The van der Waals surface area contributed by atoms with E-state index in [1.807, 2.05) is 38.1 Å². The Labute approximate surface area is 131 Å². The first-order valence-electron chi connectivity index (χ1n) is 7.85. The molecule has 0 unspecified atom stereocenters. The van der Waals surface area contributed by atoms with Gasteiger partial charge in [0.1, 0.15) is 11.4 Å². The molecule has 1 heterocycles. The van der Waals surface area contributed by atoms with E-state index in [2.05, 4.69) is 0 Å². The summed E-state index contributed by atoms with van der Waals surface area (Å²) in [6.07, 6.45) is 1.63. The molecular formula is C17H25NO4. The van der Waals surface area contributed by atoms with Crippen LogP contribution < -0.4 is 4.74 Å². The van der Waals surface area contributed by atoms with Crippen LogP contribution in [0, 0.1) is 0 Å². The SMILES string of the molecule is CCOc1cccc(CN(CCO)C(=O)[C@]2(C)CCCO2)c1. The molecule has 1 amide bonds. The largest absolute Gasteiger partial charge is 0.494 e. The topological polar surface area (TPSA) is 59.0 Å². The number of carbonyl (C=O) groups excluding carboxylic acids is 1. The van der Waals surface area contributed by atoms with Crippen LogP contribution in [0.3, 0.4) is 0 Å². The minimum Gasteiger partial charge on any atom is -0.494 e. The molecule has 0 aromatic heterocycles. The summed E-state index contributed by atoms with van der Waals surface area (Å²) < 4.78 is 11.1. The molecule has 1 N–H and O–H groups in total. The van der Waals surface area contributed by atoms with E-state index in [9.17, 15) is 9.90 Å². The van der Waals surface area contributed by atoms with E-state index in [0.29, 0.717) is 26.3 Å². The van der Waals surface area contributed by atoms with Crippen molar-refractivity contribution in [2.45, 2.75) is 38.8 Å². The molecule has 5 heteroatoms. The lowest BCUT2D eigenvalue weighted by molar-refractivity contribution is -0.152. The molecule has 1 aromatic carbocycles. The maximum absolute atomic E-state index is 12.7. The molecule has 0 bridgehead atoms. The highest BCUT2D eigenvalue weighted by Crippen LogP contribution is 2.28. The molecule has 2 rings (SSSR count). The lowest BCUT2D eigenvalue weighted by atomic mass is 10.0. The fraction of sp³-hybridized carbons (Fsp3) is 0.588. The fourth-order valence-electron chi connectivity index (χ4n) is 2.78. The lowest BCUT2D eigenvalue weighted by Crippen LogP contribution is -2.47. The Morgan fingerprint density at radius 3 is 2.95 bits per heavy atom. The number of ether oxygens (including phenoxy) is 2. The van der Waals surface area contributed by atoms with Crippen molar-refractivity contribution in [3.8, 4) is 5.75 Å². The molecule has 0 radical (unpaired) electrons. The average Bonchev–Trinajstić information content (AvgIpc) is 2.95. The van der Waals surface area contributed by atoms with E-state index >= 15 is 0 Å². The van der Waals surface area contributed by atoms with Crippen LogP contribution in [0.15, 0.2) is 24.3 Å². The molecule has 0 spiro atoms. The number of amides is 1. The molecule has 22 heavy (non-hydrogen) atoms. The molecule has 1 aromatic rings. The predicted molar refractivity (Wildman–Crippen MR) is 83.7 cm³/mol. The van der Waals surface area contributed by atoms with Gasteiger partial charge >= 0.3 is 0 Å². The van der Waals surface area contributed by atoms with Gasteiger partial charge in [-0.05, 0) is 44.4 Å². The number of aliphatic hydroxyl groups excluding tert-OH is 1. The third-order valence-electron chi connectivity index (χ3n) is 3.91. The second kappa shape index (κ2) is 7.61. The predicted octanol–water partition coefficient (Wildman–Crippen LogP) is 1.98. The maximum atomic E-state index is 12.7. The molecule has 0 saturated carbocycles. The van der Waals surface area contributed by atoms with Crippen molar-refractivity contribution in [3.63, 3.8) is 0 Å². The van der Waals surface area contributed by atoms with Crippen molar-refractivity contribution < 1.29 is 19.4 Å². The van der Waals surface area contributed by atoms with E-state index in [1.54, 1.807) is 4.90 Å². The Morgan fingerprint density at radius 2 is 2.32 bits per heavy atom. The minimum atomic E-state index is -0.757. The molecule has 1 aliphatic rings. The molecule has 5 nitrogen and oxygen atoms in total. The van der Waals surface area contributed by atoms with Crippen molar-refractivity contribution in [3.05, 3.63) is 29.8 Å². The van der Waals surface area contributed by atoms with Crippen molar-refractivity contribution in [2.24, 2.45) is 0 Å². The van der Waals surface area contributed by atoms with Gasteiger partial charge in [-0.3, -0.25) is 4.79 Å². The lowest BCUT2D eigenvalue weighted by Gasteiger charge is -2.31. The van der Waals surface area contributed by atoms with Gasteiger partial charge in [0.15, 0.2) is 0 Å². The fourth-order valence-corrected chi connectivity index (χ4v) is 2.78. The van der Waals surface area contributed by atoms with Crippen LogP contribution in [0.2, 0.25) is 0 Å². The van der Waals surface area contributed by atoms with Crippen LogP contribution in [0.25, 0.3) is 0 Å². The number of nitrogens with zero attached hydrogens (tertiary/aromatic N) is 1. The molecule has 1 aliphatic heterocycles. The summed E-state index contributed by atoms with van der Waals surface area (Å²) in [7, 11) is 0. The third-order valence-corrected chi connectivity index (χ3v) is 3.91. The molecule has 1 atom stereocenters. The van der Waals surface area contributed by atoms with Gasteiger partial charge in [-0.2, -0.15) is 0 Å². The van der Waals surface area contributed by atoms with Crippen LogP contribution in [-0.4, -0.2) is 47.9 Å². The number of carbonyl (C=O) groups is 1. The highest BCUT2D eigenvalue weighted by atomic mass is 16.5. The molecule has 122 valence electrons. The first kappa shape index (κ1) is 16.8. The molecule has 0 aliphatic carbocycles. The van der Waals surface area contributed by atoms with Gasteiger partial charge in [0.2, 0.25) is 0 Å². The van der Waals surface area contributed by atoms with Crippen molar-refractivity contribution >= 4 is 5.91 Å². The second-order valence-electron chi connectivity index (χ2n) is 5.71. The number of rotatable bonds is 7. The smallest absolute Gasteiger partial charge is 0.254 e. The van der Waals surface area contributed by atoms with Gasteiger partial charge in [0, 0.05) is 19.7 Å². The average molecular weight is 307 g/mol. The number of hydrogen-bond donors (Lipinski definition) is 1. The van der Waals surface area contributed by atoms with Gasteiger partial charge in [0.05, 0.1) is 13.2 Å². The number of aliphatic hydroxyl groups is 1. The van der Waals surface area contributed by atoms with Crippen molar-refractivity contribution in [1.29, 1.82) is 0 Å². The molecule has 1 fully saturated rings. The van der Waals surface area contributed by atoms with Crippen LogP contribution in [0.5, 0.6) is 5.75 Å². The van der Waals surface area contributed by atoms with E-state index in [4.69, 9.17) is 9.47 Å². The normalized spacial score (nSPS) is 20.9. The standard InChI is InChI=1S/C17H25NO4/c1-3-21-15-7-4-6-14(12-15)13-18(9-10-19)16(20)17(2)8-5-11-22-17/h4,6-7,12,19H,3,5,8-11,13H2,1-2H3/t17-/m0/s1. The Balaban J connectivity index is 2.11. The van der Waals surface area contributed by atoms with E-state index in [1.165, 1.54) is 0 Å². The highest BCUT2D eigenvalue weighted by Gasteiger charge is 2.40. The Bertz CT molecular complexity index is 497. The number of benzene rings is 1. The summed E-state index contributed by atoms with van der Waals surface area (Å²) in [5, 5.41) is 9.27. The Hall–Kier alpha value is -1.59. The zero-order chi connectivity index (χ0) is 16.0. The summed E-state index contributed by atoms with van der Waals surface area (Å²) >= 11 is 0. The van der Waals surface area contributed by atoms with Gasteiger partial charge < -0.3 is 19.5 Å². The van der Waals surface area contributed by atoms with Crippen LogP contribution in [0.1, 0.15) is 32.3 Å². The van der Waals surface area contributed by atoms with Crippen LogP contribution in [0.4, 0.5) is 0 Å². The first-order valence-corrected chi connectivity index (χ1v) is 7.85. The van der Waals surface area contributed by atoms with Gasteiger partial charge in [-0.15, -0.1) is 0 Å². The van der Waals surface area contributed by atoms with Gasteiger partial charge in [-0.25, -0.2) is 0 Å². The summed E-state index contributed by atoms with van der Waals surface area (Å²) in [6, 6.07) is 7.69. The van der Waals surface area contributed by atoms with Gasteiger partial charge in [0.25, 0.3) is 5.91 Å². The molecular weight excluding hydrogens is 282 g/mol. The van der Waals surface area contributed by atoms with Gasteiger partial charge in [-0.1, -0.05) is 12.1 Å². The van der Waals surface area contributed by atoms with E-state index < -0.39 is 5.60 Å². The quantitative estimate of drug-likeness (QED) is 0.837. The minimum absolute atomic E-state index is 0.0548. The summed E-state index contributed by atoms with van der Waals surface area (Å²) in [4.78, 5) is 14.4. The Morgan fingerprint density at radius 1 is 1.50 bits per heavy atom. The van der Waals surface area contributed by atoms with Crippen LogP contribution in [-0.2, 0) is 16.1 Å². The summed E-state index contributed by atoms with van der Waals surface area (Å²) in [6.45, 7) is 5.68. The van der Waals surface area contributed by atoms with Crippen molar-refractivity contribution in [1.82, 2.24) is 4.90 Å². The van der Waals surface area contributed by atoms with Crippen LogP contribution >= 0.6 is 0 Å². The van der Waals surface area contributed by atoms with E-state index in [0.717, 1.165) is 24.2 Å². The monoisotopic (exact) mass is 307 g/mol. The number of hydrogen-bond acceptors (Lipinski definition) is 4. The Kier molecular flexibility index (Phi) is 5.80. The second-order valence-corrected chi connectivity index (χ2v) is 5.71. The zero-order valence-electron chi connectivity index (χ0n) is 13.4. The third kappa shape index (κ3) is 3.99. The van der Waals surface area contributed by atoms with Crippen molar-refractivity contribution in [2.75, 3.05) is 26.4 Å². The zero-order valence-corrected chi connectivity index (χ0v) is 13.4. The first-order chi connectivity index (χ1) is 10.6. The summed E-state index contributed by atoms with van der Waals surface area (Å²) in [5.41, 5.74) is 0.224. The molecule has 1 saturated heterocycles.